The van der Waals surface area contributed by atoms with Crippen molar-refractivity contribution in [2.24, 2.45) is 0 Å². The van der Waals surface area contributed by atoms with Crippen LogP contribution >= 0.6 is 0 Å². The number of carbonyl (C=O) groups is 1. The van der Waals surface area contributed by atoms with Gasteiger partial charge in [0.1, 0.15) is 9.84 Å². The van der Waals surface area contributed by atoms with Crippen LogP contribution in [0.4, 0.5) is 0 Å². The van der Waals surface area contributed by atoms with E-state index in [1.54, 1.807) is 6.92 Å². The third kappa shape index (κ3) is 10.3. The van der Waals surface area contributed by atoms with Crippen LogP contribution in [0.25, 0.3) is 0 Å². The Bertz CT molecular complexity index is 344. The maximum Gasteiger partial charge on any atom is 0.237 e. The Kier molecular flexibility index (Phi) is 6.12. The van der Waals surface area contributed by atoms with Gasteiger partial charge in [-0.2, -0.15) is 0 Å². The summed E-state index contributed by atoms with van der Waals surface area (Å²) in [6.07, 6.45) is 1.73. The Balaban J connectivity index is 3.87. The highest BCUT2D eigenvalue weighted by Crippen LogP contribution is 1.99. The van der Waals surface area contributed by atoms with Crippen LogP contribution in [0.2, 0.25) is 0 Å². The van der Waals surface area contributed by atoms with Crippen molar-refractivity contribution in [2.75, 3.05) is 18.6 Å². The number of amides is 1. The van der Waals surface area contributed by atoms with Crippen molar-refractivity contribution in [2.45, 2.75) is 45.7 Å². The lowest BCUT2D eigenvalue weighted by Gasteiger charge is -2.23. The fourth-order valence-corrected chi connectivity index (χ4v) is 1.89. The summed E-state index contributed by atoms with van der Waals surface area (Å²) in [6, 6.07) is -0.311. The van der Waals surface area contributed by atoms with Crippen LogP contribution in [0.1, 0.15) is 34.1 Å². The van der Waals surface area contributed by atoms with Gasteiger partial charge in [-0.25, -0.2) is 8.42 Å². The lowest BCUT2D eigenvalue weighted by atomic mass is 10.1. The molecule has 0 aromatic heterocycles. The van der Waals surface area contributed by atoms with Crippen molar-refractivity contribution < 1.29 is 13.2 Å². The minimum absolute atomic E-state index is 0.0724. The molecule has 6 heteroatoms. The Hall–Kier alpha value is -0.620. The fraction of sp³-hybridized carbons (Fsp3) is 0.909. The molecule has 0 aliphatic heterocycles. The average Bonchev–Trinajstić information content (AvgIpc) is 2.07. The normalized spacial score (nSPS) is 14.4. The standard InChI is InChI=1S/C11H24N2O3S/c1-9(10(14)13-11(2,3)4)12-7-6-8-17(5,15)16/h9,12H,6-8H2,1-5H3,(H,13,14). The fourth-order valence-electron chi connectivity index (χ4n) is 1.22. The molecule has 0 bridgehead atoms. The van der Waals surface area contributed by atoms with Crippen LogP contribution in [0, 0.1) is 0 Å². The van der Waals surface area contributed by atoms with Crippen LogP contribution in [-0.4, -0.2) is 44.5 Å². The summed E-state index contributed by atoms with van der Waals surface area (Å²) in [5, 5.41) is 5.86. The maximum atomic E-state index is 11.7. The predicted molar refractivity (Wildman–Crippen MR) is 69.7 cm³/mol. The third-order valence-electron chi connectivity index (χ3n) is 2.03. The largest absolute Gasteiger partial charge is 0.350 e. The number of sulfone groups is 1. The van der Waals surface area contributed by atoms with Crippen LogP contribution in [-0.2, 0) is 14.6 Å². The summed E-state index contributed by atoms with van der Waals surface area (Å²) in [5.41, 5.74) is -0.250. The second-order valence-corrected chi connectivity index (χ2v) is 7.66. The second-order valence-electron chi connectivity index (χ2n) is 5.40. The molecule has 0 aliphatic carbocycles. The maximum absolute atomic E-state index is 11.7. The molecule has 0 aromatic carbocycles. The molecule has 0 aromatic rings. The zero-order valence-corrected chi connectivity index (χ0v) is 12.1. The summed E-state index contributed by atoms with van der Waals surface area (Å²) in [5.74, 6) is 0.0741. The van der Waals surface area contributed by atoms with Crippen molar-refractivity contribution >= 4 is 15.7 Å². The first kappa shape index (κ1) is 16.4. The molecule has 0 radical (unpaired) electrons. The molecule has 5 nitrogen and oxygen atoms in total. The van der Waals surface area contributed by atoms with E-state index in [2.05, 4.69) is 10.6 Å². The SMILES string of the molecule is CC(NCCCS(C)(=O)=O)C(=O)NC(C)(C)C. The van der Waals surface area contributed by atoms with Gasteiger partial charge < -0.3 is 10.6 Å². The van der Waals surface area contributed by atoms with Gasteiger partial charge in [-0.05, 0) is 40.7 Å². The van der Waals surface area contributed by atoms with Crippen LogP contribution in [0.5, 0.6) is 0 Å². The number of nitrogens with one attached hydrogen (secondary N) is 2. The lowest BCUT2D eigenvalue weighted by molar-refractivity contribution is -0.124. The minimum Gasteiger partial charge on any atom is -0.350 e. The summed E-state index contributed by atoms with van der Waals surface area (Å²) in [7, 11) is -2.91. The number of hydrogen-bond donors (Lipinski definition) is 2. The molecular formula is C11H24N2O3S. The molecule has 2 N–H and O–H groups in total. The molecule has 0 fully saturated rings. The number of hydrogen-bond acceptors (Lipinski definition) is 4. The summed E-state index contributed by atoms with van der Waals surface area (Å²) in [6.45, 7) is 8.04. The molecule has 0 aliphatic rings. The molecule has 0 heterocycles. The summed E-state index contributed by atoms with van der Waals surface area (Å²) < 4.78 is 21.8. The molecule has 0 rings (SSSR count). The van der Waals surface area contributed by atoms with E-state index in [0.29, 0.717) is 13.0 Å². The number of carbonyl (C=O) groups excluding carboxylic acids is 1. The monoisotopic (exact) mass is 264 g/mol. The van der Waals surface area contributed by atoms with E-state index in [-0.39, 0.29) is 23.2 Å². The highest BCUT2D eigenvalue weighted by molar-refractivity contribution is 7.90. The third-order valence-corrected chi connectivity index (χ3v) is 3.06. The highest BCUT2D eigenvalue weighted by atomic mass is 32.2. The van der Waals surface area contributed by atoms with Crippen molar-refractivity contribution in [3.05, 3.63) is 0 Å². The van der Waals surface area contributed by atoms with Gasteiger partial charge in [0.2, 0.25) is 5.91 Å². The van der Waals surface area contributed by atoms with Gasteiger partial charge in [-0.1, -0.05) is 0 Å². The van der Waals surface area contributed by atoms with Crippen LogP contribution in [0.15, 0.2) is 0 Å². The first-order valence-electron chi connectivity index (χ1n) is 5.74. The molecule has 1 unspecified atom stereocenters. The van der Waals surface area contributed by atoms with Crippen LogP contribution < -0.4 is 10.6 Å². The zero-order valence-electron chi connectivity index (χ0n) is 11.3. The van der Waals surface area contributed by atoms with E-state index in [1.165, 1.54) is 6.26 Å². The van der Waals surface area contributed by atoms with Gasteiger partial charge in [0.15, 0.2) is 0 Å². The molecule has 0 saturated heterocycles. The van der Waals surface area contributed by atoms with Gasteiger partial charge in [0, 0.05) is 11.8 Å². The van der Waals surface area contributed by atoms with E-state index < -0.39 is 9.84 Å². The molecule has 17 heavy (non-hydrogen) atoms. The lowest BCUT2D eigenvalue weighted by Crippen LogP contribution is -2.49. The average molecular weight is 264 g/mol. The van der Waals surface area contributed by atoms with Crippen molar-refractivity contribution in [3.63, 3.8) is 0 Å². The quantitative estimate of drug-likeness (QED) is 0.677. The van der Waals surface area contributed by atoms with Crippen molar-refractivity contribution in [3.8, 4) is 0 Å². The molecular weight excluding hydrogens is 240 g/mol. The van der Waals surface area contributed by atoms with E-state index >= 15 is 0 Å². The van der Waals surface area contributed by atoms with Crippen molar-refractivity contribution in [1.29, 1.82) is 0 Å². The van der Waals surface area contributed by atoms with Gasteiger partial charge in [0.05, 0.1) is 11.8 Å². The molecule has 1 amide bonds. The zero-order chi connectivity index (χ0) is 13.7. The molecule has 1 atom stereocenters. The second kappa shape index (κ2) is 6.35. The Morgan fingerprint density at radius 1 is 1.29 bits per heavy atom. The minimum atomic E-state index is -2.91. The van der Waals surface area contributed by atoms with Crippen LogP contribution in [0.3, 0.4) is 0 Å². The van der Waals surface area contributed by atoms with E-state index in [9.17, 15) is 13.2 Å². The first-order valence-corrected chi connectivity index (χ1v) is 7.80. The summed E-state index contributed by atoms with van der Waals surface area (Å²) in [4.78, 5) is 11.7. The van der Waals surface area contributed by atoms with Crippen molar-refractivity contribution in [1.82, 2.24) is 10.6 Å². The van der Waals surface area contributed by atoms with Gasteiger partial charge in [0.25, 0.3) is 0 Å². The summed E-state index contributed by atoms with van der Waals surface area (Å²) >= 11 is 0. The van der Waals surface area contributed by atoms with Gasteiger partial charge >= 0.3 is 0 Å². The Labute approximate surface area is 104 Å². The molecule has 0 spiro atoms. The van der Waals surface area contributed by atoms with Gasteiger partial charge in [-0.3, -0.25) is 4.79 Å². The molecule has 102 valence electrons. The first-order chi connectivity index (χ1) is 7.51. The topological polar surface area (TPSA) is 75.3 Å². The highest BCUT2D eigenvalue weighted by Gasteiger charge is 2.18. The predicted octanol–water partition coefficient (Wildman–Crippen LogP) is 0.314. The Morgan fingerprint density at radius 3 is 2.24 bits per heavy atom. The van der Waals surface area contributed by atoms with E-state index in [4.69, 9.17) is 0 Å². The van der Waals surface area contributed by atoms with E-state index in [1.807, 2.05) is 20.8 Å². The van der Waals surface area contributed by atoms with Gasteiger partial charge in [-0.15, -0.1) is 0 Å². The smallest absolute Gasteiger partial charge is 0.237 e. The van der Waals surface area contributed by atoms with E-state index in [0.717, 1.165) is 0 Å². The number of rotatable bonds is 6. The Morgan fingerprint density at radius 2 is 1.82 bits per heavy atom. The molecule has 0 saturated carbocycles.